The molecular formula is C4H7NaO2. The number of rotatable bonds is 2. The van der Waals surface area contributed by atoms with E-state index in [2.05, 4.69) is 0 Å². The van der Waals surface area contributed by atoms with E-state index < -0.39 is 5.97 Å². The Balaban J connectivity index is 0. The van der Waals surface area contributed by atoms with Gasteiger partial charge in [-0.3, -0.25) is 4.79 Å². The summed E-state index contributed by atoms with van der Waals surface area (Å²) in [5.41, 5.74) is 0. The number of aliphatic carboxylic acids is 1. The summed E-state index contributed by atoms with van der Waals surface area (Å²) in [6.07, 6.45) is 1.77. The molecule has 0 saturated carbocycles. The van der Waals surface area contributed by atoms with Gasteiger partial charge in [0.2, 0.25) is 0 Å². The number of carbonyl (C=O) groups is 1. The smallest absolute Gasteiger partial charge is 0.483 e. The molecule has 36 valence electrons. The summed E-state index contributed by atoms with van der Waals surface area (Å²) in [5.74, 6) is -0.766. The molecule has 0 radical (unpaired) electrons. The average molecular weight is 110 g/mol. The Morgan fingerprint density at radius 2 is 2.29 bits per heavy atom. The molecule has 0 amide bonds. The number of carboxylic acids is 1. The van der Waals surface area contributed by atoms with Gasteiger partial charge in [-0.15, -0.1) is 0 Å². The predicted molar refractivity (Wildman–Crippen MR) is 22.2 cm³/mol. The van der Waals surface area contributed by atoms with Crippen LogP contribution in [0.5, 0.6) is 0 Å². The van der Waals surface area contributed by atoms with Crippen molar-refractivity contribution in [2.75, 3.05) is 0 Å². The molecule has 0 atom stereocenters. The Labute approximate surface area is 65.2 Å². The van der Waals surface area contributed by atoms with E-state index in [0.29, 0.717) is 0 Å². The van der Waals surface area contributed by atoms with Crippen molar-refractivity contribution >= 4 is 5.97 Å². The van der Waals surface area contributed by atoms with Gasteiger partial charge < -0.3 is 11.5 Å². The molecule has 1 N–H and O–H groups in total. The fourth-order valence-electron chi connectivity index (χ4n) is 0.175. The van der Waals surface area contributed by atoms with Crippen LogP contribution in [-0.2, 0) is 4.79 Å². The molecule has 0 fully saturated rings. The first-order chi connectivity index (χ1) is 2.77. The third-order valence-corrected chi connectivity index (χ3v) is 0.379. The van der Waals surface area contributed by atoms with Gasteiger partial charge in [0.25, 0.3) is 5.97 Å². The van der Waals surface area contributed by atoms with Crippen LogP contribution in [0.15, 0.2) is 0 Å². The molecule has 0 aromatic rings. The Hall–Kier alpha value is 0.470. The van der Waals surface area contributed by atoms with Gasteiger partial charge >= 0.3 is 29.6 Å². The maximum absolute atomic E-state index is 9.57. The van der Waals surface area contributed by atoms with E-state index in [1.165, 1.54) is 0 Å². The fourth-order valence-corrected chi connectivity index (χ4v) is 0.175. The zero-order valence-electron chi connectivity index (χ0n) is 4.64. The van der Waals surface area contributed by atoms with E-state index >= 15 is 0 Å². The molecule has 3 heteroatoms. The minimum Gasteiger partial charge on any atom is -0.483 e. The summed E-state index contributed by atoms with van der Waals surface area (Å²) in [4.78, 5) is 9.57. The van der Waals surface area contributed by atoms with Crippen LogP contribution in [0.25, 0.3) is 0 Å². The monoisotopic (exact) mass is 110 g/mol. The molecule has 2 nitrogen and oxygen atoms in total. The molecule has 0 spiro atoms. The molecular weight excluding hydrogens is 103 g/mol. The molecule has 0 aromatic heterocycles. The first kappa shape index (κ1) is 10.5. The van der Waals surface area contributed by atoms with Crippen molar-refractivity contribution in [2.24, 2.45) is 0 Å². The third kappa shape index (κ3) is 10.7. The molecule has 0 aliphatic carbocycles. The van der Waals surface area contributed by atoms with E-state index in [4.69, 9.17) is 5.11 Å². The summed E-state index contributed by atoms with van der Waals surface area (Å²) in [6, 6.07) is 0. The van der Waals surface area contributed by atoms with Crippen LogP contribution in [0.2, 0.25) is 0 Å². The van der Waals surface area contributed by atoms with Gasteiger partial charge in [-0.2, -0.15) is 6.92 Å². The molecule has 7 heavy (non-hydrogen) atoms. The molecule has 0 aliphatic heterocycles. The van der Waals surface area contributed by atoms with Crippen molar-refractivity contribution in [2.45, 2.75) is 13.3 Å². The Kier molecular flexibility index (Phi) is 9.66. The topological polar surface area (TPSA) is 37.3 Å². The zero-order valence-corrected chi connectivity index (χ0v) is 6.64. The number of hydrogen-bond donors (Lipinski definition) is 1. The van der Waals surface area contributed by atoms with Gasteiger partial charge in [-0.1, -0.05) is 6.42 Å². The maximum Gasteiger partial charge on any atom is 1.00 e. The Bertz CT molecular complexity index is 53.7. The summed E-state index contributed by atoms with van der Waals surface area (Å²) in [7, 11) is 0. The Morgan fingerprint density at radius 3 is 2.29 bits per heavy atom. The van der Waals surface area contributed by atoms with Crippen molar-refractivity contribution < 1.29 is 39.5 Å². The minimum absolute atomic E-state index is 0. The second kappa shape index (κ2) is 6.47. The number of hydrogen-bond acceptors (Lipinski definition) is 1. The van der Waals surface area contributed by atoms with E-state index in [1.54, 1.807) is 13.3 Å². The summed E-state index contributed by atoms with van der Waals surface area (Å²) in [6.45, 7) is 1.72. The summed E-state index contributed by atoms with van der Waals surface area (Å²) < 4.78 is 0. The first-order valence-electron chi connectivity index (χ1n) is 1.77. The SMILES string of the molecule is C[CH-]CC(=O)O.[Na+]. The molecule has 0 heterocycles. The molecule has 0 unspecified atom stereocenters. The summed E-state index contributed by atoms with van der Waals surface area (Å²) in [5, 5.41) is 7.88. The third-order valence-electron chi connectivity index (χ3n) is 0.379. The number of carboxylic acid groups (broad SMARTS) is 1. The second-order valence-electron chi connectivity index (χ2n) is 1.01. The van der Waals surface area contributed by atoms with Crippen LogP contribution in [0, 0.1) is 6.42 Å². The minimum atomic E-state index is -0.766. The molecule has 0 rings (SSSR count). The van der Waals surface area contributed by atoms with Crippen molar-refractivity contribution in [3.63, 3.8) is 0 Å². The average Bonchev–Trinajstić information content (AvgIpc) is 1.35. The van der Waals surface area contributed by atoms with Crippen molar-refractivity contribution in [3.05, 3.63) is 6.42 Å². The molecule has 0 bridgehead atoms. The largest absolute Gasteiger partial charge is 1.00 e. The van der Waals surface area contributed by atoms with Gasteiger partial charge in [-0.05, 0) is 0 Å². The van der Waals surface area contributed by atoms with E-state index in [1.807, 2.05) is 0 Å². The van der Waals surface area contributed by atoms with E-state index in [9.17, 15) is 4.79 Å². The second-order valence-corrected chi connectivity index (χ2v) is 1.01. The van der Waals surface area contributed by atoms with Gasteiger partial charge in [0.05, 0.1) is 0 Å². The first-order valence-corrected chi connectivity index (χ1v) is 1.77. The van der Waals surface area contributed by atoms with E-state index in [-0.39, 0.29) is 36.0 Å². The van der Waals surface area contributed by atoms with E-state index in [0.717, 1.165) is 0 Å². The van der Waals surface area contributed by atoms with Crippen LogP contribution in [0.3, 0.4) is 0 Å². The predicted octanol–water partition coefficient (Wildman–Crippen LogP) is -2.31. The van der Waals surface area contributed by atoms with Crippen molar-refractivity contribution in [1.29, 1.82) is 0 Å². The van der Waals surface area contributed by atoms with Gasteiger partial charge in [0.15, 0.2) is 0 Å². The van der Waals surface area contributed by atoms with Crippen LogP contribution >= 0.6 is 0 Å². The van der Waals surface area contributed by atoms with Crippen molar-refractivity contribution in [1.82, 2.24) is 0 Å². The van der Waals surface area contributed by atoms with Crippen LogP contribution < -0.4 is 29.6 Å². The van der Waals surface area contributed by atoms with Gasteiger partial charge in [-0.25, -0.2) is 0 Å². The van der Waals surface area contributed by atoms with Crippen LogP contribution in [-0.4, -0.2) is 11.1 Å². The quantitative estimate of drug-likeness (QED) is 0.320. The van der Waals surface area contributed by atoms with Crippen LogP contribution in [0.4, 0.5) is 0 Å². The molecule has 0 aromatic carbocycles. The van der Waals surface area contributed by atoms with Gasteiger partial charge in [0.1, 0.15) is 0 Å². The summed E-state index contributed by atoms with van der Waals surface area (Å²) >= 11 is 0. The van der Waals surface area contributed by atoms with Crippen LogP contribution in [0.1, 0.15) is 13.3 Å². The molecule has 0 saturated heterocycles. The Morgan fingerprint density at radius 1 is 1.86 bits per heavy atom. The standard InChI is InChI=1S/C4H7O2.Na/c1-2-3-4(5)6;/h2H,3H2,1H3,(H,5,6);/q-1;+1. The van der Waals surface area contributed by atoms with Gasteiger partial charge in [0, 0.05) is 0 Å². The maximum atomic E-state index is 9.57. The zero-order chi connectivity index (χ0) is 4.99. The fraction of sp³-hybridized carbons (Fsp3) is 0.500. The molecule has 0 aliphatic rings. The van der Waals surface area contributed by atoms with Crippen molar-refractivity contribution in [3.8, 4) is 0 Å². The normalized spacial score (nSPS) is 7.00.